The fraction of sp³-hybridized carbons (Fsp3) is 0.650. The standard InChI is InChI=1S/C20H27N3O4/c1-3-11-23-16(18(25)22-12-7-5-4-6-8-12)20-10-9-13(27-20)14(17(24)21-2)15(20)19(23)26/h3,9-10,12-16H,1,4-8,11H2,2H3,(H,21,24)(H,22,25)/t13-,14-,15-,16+,20-/m0/s1. The van der Waals surface area contributed by atoms with E-state index in [2.05, 4.69) is 17.2 Å². The molecular weight excluding hydrogens is 346 g/mol. The molecule has 4 rings (SSSR count). The molecule has 5 atom stereocenters. The van der Waals surface area contributed by atoms with Gasteiger partial charge >= 0.3 is 0 Å². The van der Waals surface area contributed by atoms with E-state index in [9.17, 15) is 14.4 Å². The van der Waals surface area contributed by atoms with Gasteiger partial charge in [-0.05, 0) is 12.8 Å². The van der Waals surface area contributed by atoms with Gasteiger partial charge in [-0.1, -0.05) is 37.5 Å². The van der Waals surface area contributed by atoms with Gasteiger partial charge in [0.2, 0.25) is 17.7 Å². The van der Waals surface area contributed by atoms with Crippen LogP contribution in [0.4, 0.5) is 0 Å². The molecule has 0 radical (unpaired) electrons. The summed E-state index contributed by atoms with van der Waals surface area (Å²) in [6, 6.07) is -0.634. The quantitative estimate of drug-likeness (QED) is 0.688. The van der Waals surface area contributed by atoms with Crippen molar-refractivity contribution in [3.63, 3.8) is 0 Å². The molecule has 2 bridgehead atoms. The molecule has 0 aromatic heterocycles. The maximum Gasteiger partial charge on any atom is 0.246 e. The highest BCUT2D eigenvalue weighted by atomic mass is 16.5. The fourth-order valence-electron chi connectivity index (χ4n) is 5.30. The Morgan fingerprint density at radius 2 is 2.07 bits per heavy atom. The van der Waals surface area contributed by atoms with Crippen molar-refractivity contribution in [2.45, 2.75) is 55.9 Å². The van der Waals surface area contributed by atoms with Crippen LogP contribution < -0.4 is 10.6 Å². The lowest BCUT2D eigenvalue weighted by molar-refractivity contribution is -0.141. The van der Waals surface area contributed by atoms with Crippen molar-refractivity contribution in [2.75, 3.05) is 13.6 Å². The Hall–Kier alpha value is -2.15. The molecular formula is C20H27N3O4. The molecule has 2 N–H and O–H groups in total. The predicted octanol–water partition coefficient (Wildman–Crippen LogP) is 0.518. The molecule has 0 aromatic rings. The molecule has 27 heavy (non-hydrogen) atoms. The lowest BCUT2D eigenvalue weighted by Crippen LogP contribution is -2.56. The molecule has 3 fully saturated rings. The summed E-state index contributed by atoms with van der Waals surface area (Å²) in [6.07, 6.45) is 10.1. The second-order valence-electron chi connectivity index (χ2n) is 7.94. The van der Waals surface area contributed by atoms with Crippen LogP contribution in [-0.2, 0) is 19.1 Å². The Labute approximate surface area is 159 Å². The molecule has 1 spiro atoms. The Morgan fingerprint density at radius 1 is 1.33 bits per heavy atom. The fourth-order valence-corrected chi connectivity index (χ4v) is 5.30. The van der Waals surface area contributed by atoms with Crippen molar-refractivity contribution in [3.05, 3.63) is 24.8 Å². The van der Waals surface area contributed by atoms with Gasteiger partial charge in [-0.2, -0.15) is 0 Å². The average molecular weight is 373 g/mol. The first-order valence-corrected chi connectivity index (χ1v) is 9.84. The number of amides is 3. The van der Waals surface area contributed by atoms with Crippen molar-refractivity contribution < 1.29 is 19.1 Å². The van der Waals surface area contributed by atoms with E-state index in [4.69, 9.17) is 4.74 Å². The zero-order valence-electron chi connectivity index (χ0n) is 15.6. The van der Waals surface area contributed by atoms with Crippen LogP contribution >= 0.6 is 0 Å². The summed E-state index contributed by atoms with van der Waals surface area (Å²) in [5.41, 5.74) is -1.07. The number of carbonyl (C=O) groups excluding carboxylic acids is 3. The van der Waals surface area contributed by atoms with E-state index in [0.717, 1.165) is 25.7 Å². The number of hydrogen-bond acceptors (Lipinski definition) is 4. The van der Waals surface area contributed by atoms with Gasteiger partial charge in [0.1, 0.15) is 11.6 Å². The smallest absolute Gasteiger partial charge is 0.246 e. The van der Waals surface area contributed by atoms with Crippen LogP contribution in [0.25, 0.3) is 0 Å². The molecule has 7 heteroatoms. The van der Waals surface area contributed by atoms with Gasteiger partial charge in [-0.25, -0.2) is 0 Å². The Morgan fingerprint density at radius 3 is 2.74 bits per heavy atom. The molecule has 0 aromatic carbocycles. The van der Waals surface area contributed by atoms with E-state index in [-0.39, 0.29) is 30.3 Å². The zero-order chi connectivity index (χ0) is 19.2. The number of likely N-dealkylation sites (tertiary alicyclic amines) is 1. The van der Waals surface area contributed by atoms with Crippen LogP contribution in [0, 0.1) is 11.8 Å². The SMILES string of the molecule is C=CCN1C(=O)[C@@H]2[C@@H](C(=O)NC)[C@@H]3C=C[C@@]2(O3)[C@H]1C(=O)NC1CCCCC1. The Kier molecular flexibility index (Phi) is 4.58. The van der Waals surface area contributed by atoms with Crippen LogP contribution in [0.2, 0.25) is 0 Å². The third-order valence-corrected chi connectivity index (χ3v) is 6.45. The van der Waals surface area contributed by atoms with Crippen LogP contribution in [-0.4, -0.2) is 60.0 Å². The number of fused-ring (bicyclic) bond motifs is 1. The van der Waals surface area contributed by atoms with Crippen molar-refractivity contribution in [1.29, 1.82) is 0 Å². The summed E-state index contributed by atoms with van der Waals surface area (Å²) in [4.78, 5) is 40.4. The van der Waals surface area contributed by atoms with Gasteiger partial charge in [0.15, 0.2) is 0 Å². The highest BCUT2D eigenvalue weighted by Gasteiger charge is 2.72. The highest BCUT2D eigenvalue weighted by Crippen LogP contribution is 2.55. The molecule has 3 aliphatic heterocycles. The van der Waals surface area contributed by atoms with E-state index < -0.39 is 29.6 Å². The van der Waals surface area contributed by atoms with E-state index in [1.54, 1.807) is 13.1 Å². The molecule has 3 heterocycles. The second-order valence-corrected chi connectivity index (χ2v) is 7.94. The monoisotopic (exact) mass is 373 g/mol. The third kappa shape index (κ3) is 2.63. The summed E-state index contributed by atoms with van der Waals surface area (Å²) in [6.45, 7) is 3.98. The second kappa shape index (κ2) is 6.78. The van der Waals surface area contributed by atoms with Crippen molar-refractivity contribution in [2.24, 2.45) is 11.8 Å². The lowest BCUT2D eigenvalue weighted by Gasteiger charge is -2.33. The minimum Gasteiger partial charge on any atom is -0.359 e. The van der Waals surface area contributed by atoms with Crippen LogP contribution in [0.1, 0.15) is 32.1 Å². The largest absolute Gasteiger partial charge is 0.359 e. The van der Waals surface area contributed by atoms with E-state index >= 15 is 0 Å². The molecule has 1 saturated carbocycles. The van der Waals surface area contributed by atoms with E-state index in [1.807, 2.05) is 12.2 Å². The Bertz CT molecular complexity index is 699. The summed E-state index contributed by atoms with van der Waals surface area (Å²) in [7, 11) is 1.55. The molecule has 2 saturated heterocycles. The molecule has 0 unspecified atom stereocenters. The van der Waals surface area contributed by atoms with Gasteiger partial charge in [0.05, 0.1) is 17.9 Å². The molecule has 1 aliphatic carbocycles. The average Bonchev–Trinajstić information content (AvgIpc) is 3.30. The summed E-state index contributed by atoms with van der Waals surface area (Å²) >= 11 is 0. The molecule has 4 aliphatic rings. The lowest BCUT2D eigenvalue weighted by atomic mass is 9.74. The van der Waals surface area contributed by atoms with Crippen LogP contribution in [0.3, 0.4) is 0 Å². The number of ether oxygens (including phenoxy) is 1. The number of carbonyl (C=O) groups is 3. The van der Waals surface area contributed by atoms with E-state index in [0.29, 0.717) is 0 Å². The molecule has 146 valence electrons. The van der Waals surface area contributed by atoms with Gasteiger partial charge < -0.3 is 20.3 Å². The van der Waals surface area contributed by atoms with E-state index in [1.165, 1.54) is 11.3 Å². The normalized spacial score (nSPS) is 37.4. The number of rotatable bonds is 5. The first-order valence-electron chi connectivity index (χ1n) is 9.84. The van der Waals surface area contributed by atoms with Gasteiger partial charge in [-0.15, -0.1) is 6.58 Å². The number of nitrogens with zero attached hydrogens (tertiary/aromatic N) is 1. The van der Waals surface area contributed by atoms with Crippen molar-refractivity contribution in [1.82, 2.24) is 15.5 Å². The van der Waals surface area contributed by atoms with Gasteiger partial charge in [0.25, 0.3) is 0 Å². The van der Waals surface area contributed by atoms with Gasteiger partial charge in [0, 0.05) is 19.6 Å². The molecule has 3 amide bonds. The predicted molar refractivity (Wildman–Crippen MR) is 98.5 cm³/mol. The summed E-state index contributed by atoms with van der Waals surface area (Å²) in [5.74, 6) is -1.90. The highest BCUT2D eigenvalue weighted by molar-refractivity contribution is 5.99. The maximum atomic E-state index is 13.3. The van der Waals surface area contributed by atoms with Crippen molar-refractivity contribution >= 4 is 17.7 Å². The summed E-state index contributed by atoms with van der Waals surface area (Å²) in [5, 5.41) is 5.77. The first kappa shape index (κ1) is 18.2. The summed E-state index contributed by atoms with van der Waals surface area (Å²) < 4.78 is 6.16. The minimum absolute atomic E-state index is 0.139. The first-order chi connectivity index (χ1) is 13.0. The van der Waals surface area contributed by atoms with Crippen LogP contribution in [0.5, 0.6) is 0 Å². The molecule has 7 nitrogen and oxygen atoms in total. The minimum atomic E-state index is -1.07. The number of hydrogen-bond donors (Lipinski definition) is 2. The number of nitrogens with one attached hydrogen (secondary N) is 2. The maximum absolute atomic E-state index is 13.3. The Balaban J connectivity index is 1.66. The van der Waals surface area contributed by atoms with Crippen molar-refractivity contribution in [3.8, 4) is 0 Å². The van der Waals surface area contributed by atoms with Gasteiger partial charge in [-0.3, -0.25) is 14.4 Å². The van der Waals surface area contributed by atoms with Crippen LogP contribution in [0.15, 0.2) is 24.8 Å². The zero-order valence-corrected chi connectivity index (χ0v) is 15.6. The third-order valence-electron chi connectivity index (χ3n) is 6.45. The topological polar surface area (TPSA) is 87.7 Å².